The molecule has 106 valence electrons. The lowest BCUT2D eigenvalue weighted by atomic mass is 9.94. The molecule has 21 heavy (non-hydrogen) atoms. The van der Waals surface area contributed by atoms with E-state index in [0.29, 0.717) is 9.50 Å². The number of rotatable bonds is 2. The summed E-state index contributed by atoms with van der Waals surface area (Å²) in [5.74, 6) is -0.318. The van der Waals surface area contributed by atoms with E-state index in [2.05, 4.69) is 15.9 Å². The highest BCUT2D eigenvalue weighted by molar-refractivity contribution is 9.10. The number of benzene rings is 3. The Labute approximate surface area is 135 Å². The van der Waals surface area contributed by atoms with Crippen molar-refractivity contribution in [1.29, 1.82) is 0 Å². The topological polar surface area (TPSA) is 26.0 Å². The molecule has 3 rings (SSSR count). The van der Waals surface area contributed by atoms with Gasteiger partial charge in [-0.15, -0.1) is 0 Å². The van der Waals surface area contributed by atoms with Gasteiger partial charge in [0.25, 0.3) is 0 Å². The highest BCUT2D eigenvalue weighted by atomic mass is 79.9. The molecule has 0 saturated carbocycles. The van der Waals surface area contributed by atoms with Gasteiger partial charge in [-0.2, -0.15) is 0 Å². The van der Waals surface area contributed by atoms with Crippen molar-refractivity contribution in [1.82, 2.24) is 0 Å². The SMILES string of the molecule is NC(c1ccc(Br)c(F)c1)c1ccc(Cl)c2ccccc12. The van der Waals surface area contributed by atoms with Gasteiger partial charge in [-0.05, 0) is 50.6 Å². The largest absolute Gasteiger partial charge is 0.320 e. The van der Waals surface area contributed by atoms with Crippen LogP contribution >= 0.6 is 27.5 Å². The maximum atomic E-state index is 13.7. The van der Waals surface area contributed by atoms with Crippen molar-refractivity contribution < 1.29 is 4.39 Å². The summed E-state index contributed by atoms with van der Waals surface area (Å²) in [7, 11) is 0. The summed E-state index contributed by atoms with van der Waals surface area (Å²) in [6, 6.07) is 16.1. The van der Waals surface area contributed by atoms with Crippen molar-refractivity contribution in [2.75, 3.05) is 0 Å². The van der Waals surface area contributed by atoms with Crippen LogP contribution in [0.25, 0.3) is 10.8 Å². The summed E-state index contributed by atoms with van der Waals surface area (Å²) in [4.78, 5) is 0. The zero-order valence-electron chi connectivity index (χ0n) is 11.0. The fourth-order valence-corrected chi connectivity index (χ4v) is 2.92. The van der Waals surface area contributed by atoms with Crippen molar-refractivity contribution in [2.24, 2.45) is 5.73 Å². The molecule has 3 aromatic rings. The Morgan fingerprint density at radius 3 is 2.43 bits per heavy atom. The lowest BCUT2D eigenvalue weighted by Gasteiger charge is -2.16. The monoisotopic (exact) mass is 363 g/mol. The van der Waals surface area contributed by atoms with Gasteiger partial charge in [0.05, 0.1) is 10.5 Å². The number of halogens is 3. The van der Waals surface area contributed by atoms with Crippen molar-refractivity contribution >= 4 is 38.3 Å². The summed E-state index contributed by atoms with van der Waals surface area (Å²) in [6.07, 6.45) is 0. The lowest BCUT2D eigenvalue weighted by molar-refractivity contribution is 0.617. The molecule has 0 aliphatic heterocycles. The molecule has 1 atom stereocenters. The minimum absolute atomic E-state index is 0.318. The predicted molar refractivity (Wildman–Crippen MR) is 89.1 cm³/mol. The van der Waals surface area contributed by atoms with E-state index in [1.165, 1.54) is 6.07 Å². The number of hydrogen-bond acceptors (Lipinski definition) is 1. The molecule has 1 nitrogen and oxygen atoms in total. The smallest absolute Gasteiger partial charge is 0.137 e. The fraction of sp³-hybridized carbons (Fsp3) is 0.0588. The Hall–Kier alpha value is -1.42. The van der Waals surface area contributed by atoms with Gasteiger partial charge in [0.1, 0.15) is 5.82 Å². The van der Waals surface area contributed by atoms with E-state index in [0.717, 1.165) is 21.9 Å². The minimum atomic E-state index is -0.408. The first-order valence-electron chi connectivity index (χ1n) is 6.45. The Kier molecular flexibility index (Phi) is 3.98. The molecule has 0 spiro atoms. The number of fused-ring (bicyclic) bond motifs is 1. The quantitative estimate of drug-likeness (QED) is 0.643. The standard InChI is InChI=1S/C17H12BrClFN/c18-14-7-5-10(9-16(14)20)17(21)13-6-8-15(19)12-4-2-1-3-11(12)13/h1-9,17H,21H2. The Morgan fingerprint density at radius 1 is 1.00 bits per heavy atom. The van der Waals surface area contributed by atoms with Crippen LogP contribution in [0.5, 0.6) is 0 Å². The number of hydrogen-bond donors (Lipinski definition) is 1. The summed E-state index contributed by atoms with van der Waals surface area (Å²) >= 11 is 9.37. The van der Waals surface area contributed by atoms with Gasteiger partial charge in [0.15, 0.2) is 0 Å². The highest BCUT2D eigenvalue weighted by Gasteiger charge is 2.14. The molecule has 0 aromatic heterocycles. The normalized spacial score (nSPS) is 12.6. The van der Waals surface area contributed by atoms with Gasteiger partial charge in [0, 0.05) is 10.4 Å². The Morgan fingerprint density at radius 2 is 1.71 bits per heavy atom. The molecule has 0 saturated heterocycles. The minimum Gasteiger partial charge on any atom is -0.320 e. The average Bonchev–Trinajstić information content (AvgIpc) is 2.50. The maximum absolute atomic E-state index is 13.7. The molecule has 1 unspecified atom stereocenters. The second-order valence-corrected chi connectivity index (χ2v) is 6.09. The molecular formula is C17H12BrClFN. The zero-order chi connectivity index (χ0) is 15.0. The van der Waals surface area contributed by atoms with Crippen LogP contribution in [-0.4, -0.2) is 0 Å². The first-order chi connectivity index (χ1) is 10.1. The third kappa shape index (κ3) is 2.69. The molecule has 0 radical (unpaired) electrons. The molecule has 0 bridgehead atoms. The summed E-state index contributed by atoms with van der Waals surface area (Å²) in [6.45, 7) is 0. The van der Waals surface area contributed by atoms with E-state index >= 15 is 0 Å². The van der Waals surface area contributed by atoms with Crippen molar-refractivity contribution in [3.8, 4) is 0 Å². The first-order valence-corrected chi connectivity index (χ1v) is 7.62. The second-order valence-electron chi connectivity index (χ2n) is 4.83. The number of nitrogens with two attached hydrogens (primary N) is 1. The molecule has 2 N–H and O–H groups in total. The summed E-state index contributed by atoms with van der Waals surface area (Å²) < 4.78 is 14.1. The fourth-order valence-electron chi connectivity index (χ4n) is 2.44. The van der Waals surface area contributed by atoms with Gasteiger partial charge in [-0.25, -0.2) is 4.39 Å². The molecule has 0 heterocycles. The second kappa shape index (κ2) is 5.76. The lowest BCUT2D eigenvalue weighted by Crippen LogP contribution is -2.12. The van der Waals surface area contributed by atoms with E-state index in [1.54, 1.807) is 6.07 Å². The van der Waals surface area contributed by atoms with Gasteiger partial charge in [-0.1, -0.05) is 48.0 Å². The summed E-state index contributed by atoms with van der Waals surface area (Å²) in [5, 5.41) is 2.62. The molecule has 4 heteroatoms. The molecule has 0 amide bonds. The third-order valence-corrected chi connectivity index (χ3v) is 4.52. The molecule has 0 aliphatic carbocycles. The maximum Gasteiger partial charge on any atom is 0.137 e. The van der Waals surface area contributed by atoms with E-state index in [4.69, 9.17) is 17.3 Å². The van der Waals surface area contributed by atoms with Crippen molar-refractivity contribution in [2.45, 2.75) is 6.04 Å². The van der Waals surface area contributed by atoms with Gasteiger partial charge < -0.3 is 5.73 Å². The first kappa shape index (κ1) is 14.5. The van der Waals surface area contributed by atoms with Crippen LogP contribution in [-0.2, 0) is 0 Å². The Bertz CT molecular complexity index is 819. The van der Waals surface area contributed by atoms with Crippen molar-refractivity contribution in [3.05, 3.63) is 81.0 Å². The van der Waals surface area contributed by atoms with Crippen molar-refractivity contribution in [3.63, 3.8) is 0 Å². The van der Waals surface area contributed by atoms with Crippen LogP contribution in [0.4, 0.5) is 4.39 Å². The van der Waals surface area contributed by atoms with Gasteiger partial charge in [0.2, 0.25) is 0 Å². The van der Waals surface area contributed by atoms with Crippen LogP contribution in [0.3, 0.4) is 0 Å². The summed E-state index contributed by atoms with van der Waals surface area (Å²) in [5.41, 5.74) is 7.98. The molecule has 0 aliphatic rings. The van der Waals surface area contributed by atoms with E-state index in [-0.39, 0.29) is 5.82 Å². The van der Waals surface area contributed by atoms with Crippen LogP contribution < -0.4 is 5.73 Å². The van der Waals surface area contributed by atoms with Crippen LogP contribution in [0, 0.1) is 5.82 Å². The third-order valence-electron chi connectivity index (χ3n) is 3.54. The molecular weight excluding hydrogens is 353 g/mol. The van der Waals surface area contributed by atoms with Gasteiger partial charge in [-0.3, -0.25) is 0 Å². The molecule has 3 aromatic carbocycles. The average molecular weight is 365 g/mol. The Balaban J connectivity index is 2.15. The van der Waals surface area contributed by atoms with Crippen LogP contribution in [0.2, 0.25) is 5.02 Å². The van der Waals surface area contributed by atoms with E-state index in [1.807, 2.05) is 42.5 Å². The molecule has 0 fully saturated rings. The predicted octanol–water partition coefficient (Wildman–Crippen LogP) is 5.44. The van der Waals surface area contributed by atoms with Crippen LogP contribution in [0.15, 0.2) is 59.1 Å². The highest BCUT2D eigenvalue weighted by Crippen LogP contribution is 2.32. The van der Waals surface area contributed by atoms with E-state index < -0.39 is 6.04 Å². The van der Waals surface area contributed by atoms with Gasteiger partial charge >= 0.3 is 0 Å². The zero-order valence-corrected chi connectivity index (χ0v) is 13.3. The van der Waals surface area contributed by atoms with E-state index in [9.17, 15) is 4.39 Å². The van der Waals surface area contributed by atoms with Crippen LogP contribution in [0.1, 0.15) is 17.2 Å².